The number of rotatable bonds is 7. The molecule has 0 spiro atoms. The summed E-state index contributed by atoms with van der Waals surface area (Å²) in [6.07, 6.45) is 6.16. The van der Waals surface area contributed by atoms with E-state index in [2.05, 4.69) is 56.1 Å². The van der Waals surface area contributed by atoms with Crippen molar-refractivity contribution in [1.82, 2.24) is 9.80 Å². The fraction of sp³-hybridized carbons (Fsp3) is 0.552. The summed E-state index contributed by atoms with van der Waals surface area (Å²) in [5.74, 6) is 1.29. The van der Waals surface area contributed by atoms with Gasteiger partial charge >= 0.3 is 5.97 Å². The van der Waals surface area contributed by atoms with Gasteiger partial charge in [-0.2, -0.15) is 0 Å². The number of hydrogen-bond acceptors (Lipinski definition) is 5. The minimum Gasteiger partial charge on any atom is -0.460 e. The monoisotopic (exact) mass is 480 g/mol. The van der Waals surface area contributed by atoms with Crippen LogP contribution in [0.5, 0.6) is 0 Å². The average Bonchev–Trinajstić information content (AvgIpc) is 3.25. The Labute approximate surface area is 209 Å². The first-order chi connectivity index (χ1) is 16.3. The molecular weight excluding hydrogens is 440 g/mol. The lowest BCUT2D eigenvalue weighted by Crippen LogP contribution is -2.31. The van der Waals surface area contributed by atoms with Crippen LogP contribution in [0.2, 0.25) is 0 Å². The summed E-state index contributed by atoms with van der Waals surface area (Å²) < 4.78 is 5.75. The number of esters is 1. The molecule has 0 bridgehead atoms. The summed E-state index contributed by atoms with van der Waals surface area (Å²) >= 11 is 1.59. The van der Waals surface area contributed by atoms with Crippen molar-refractivity contribution >= 4 is 22.9 Å². The molecule has 184 valence electrons. The number of carbonyl (C=O) groups is 1. The Bertz CT molecular complexity index is 1010. The van der Waals surface area contributed by atoms with Crippen molar-refractivity contribution < 1.29 is 9.53 Å². The molecule has 5 heteroatoms. The summed E-state index contributed by atoms with van der Waals surface area (Å²) in [5, 5.41) is 0. The van der Waals surface area contributed by atoms with Gasteiger partial charge in [-0.15, -0.1) is 11.3 Å². The molecule has 0 saturated heterocycles. The second-order valence-electron chi connectivity index (χ2n) is 10.6. The molecule has 34 heavy (non-hydrogen) atoms. The molecule has 0 radical (unpaired) electrons. The van der Waals surface area contributed by atoms with Gasteiger partial charge in [0.05, 0.1) is 0 Å². The lowest BCUT2D eigenvalue weighted by atomic mass is 9.75. The first kappa shape index (κ1) is 25.2. The normalized spacial score (nSPS) is 21.8. The summed E-state index contributed by atoms with van der Waals surface area (Å²) in [5.41, 5.74) is 6.52. The topological polar surface area (TPSA) is 32.8 Å². The van der Waals surface area contributed by atoms with Gasteiger partial charge in [-0.1, -0.05) is 49.6 Å². The molecule has 1 saturated carbocycles. The smallest absolute Gasteiger partial charge is 0.349 e. The molecule has 2 aliphatic rings. The van der Waals surface area contributed by atoms with E-state index < -0.39 is 0 Å². The van der Waals surface area contributed by atoms with Crippen LogP contribution < -0.4 is 0 Å². The number of benzene rings is 1. The highest BCUT2D eigenvalue weighted by Gasteiger charge is 2.30. The fourth-order valence-electron chi connectivity index (χ4n) is 5.23. The first-order valence-corrected chi connectivity index (χ1v) is 13.6. The van der Waals surface area contributed by atoms with Crippen LogP contribution in [0.1, 0.15) is 59.8 Å². The zero-order chi connectivity index (χ0) is 24.2. The third kappa shape index (κ3) is 5.99. The Balaban J connectivity index is 1.74. The third-order valence-corrected chi connectivity index (χ3v) is 8.59. The van der Waals surface area contributed by atoms with Crippen molar-refractivity contribution in [2.45, 2.75) is 46.0 Å². The summed E-state index contributed by atoms with van der Waals surface area (Å²) in [7, 11) is 6.23. The number of thiophene rings is 1. The van der Waals surface area contributed by atoms with Crippen molar-refractivity contribution in [2.24, 2.45) is 11.8 Å². The molecule has 1 fully saturated rings. The molecule has 0 amide bonds. The van der Waals surface area contributed by atoms with E-state index in [9.17, 15) is 4.79 Å². The van der Waals surface area contributed by atoms with E-state index in [0.717, 1.165) is 47.3 Å². The third-order valence-electron chi connectivity index (χ3n) is 7.43. The zero-order valence-electron chi connectivity index (χ0n) is 21.5. The number of ether oxygens (including phenoxy) is 1. The Kier molecular flexibility index (Phi) is 8.28. The highest BCUT2D eigenvalue weighted by molar-refractivity contribution is 7.17. The largest absolute Gasteiger partial charge is 0.460 e. The molecule has 1 aliphatic carbocycles. The number of aryl methyl sites for hydroxylation is 1. The molecule has 0 N–H and O–H groups in total. The number of nitrogens with zero attached hydrogens (tertiary/aromatic N) is 2. The van der Waals surface area contributed by atoms with Gasteiger partial charge in [0, 0.05) is 30.1 Å². The number of carbonyl (C=O) groups excluding carboxylic acids is 1. The molecule has 0 atom stereocenters. The van der Waals surface area contributed by atoms with Crippen molar-refractivity contribution in [3.63, 3.8) is 0 Å². The molecule has 2 aromatic rings. The molecular formula is C29H40N2O2S. The van der Waals surface area contributed by atoms with Gasteiger partial charge in [0.15, 0.2) is 0 Å². The van der Waals surface area contributed by atoms with Crippen molar-refractivity contribution in [1.29, 1.82) is 0 Å². The maximum absolute atomic E-state index is 13.3. The summed E-state index contributed by atoms with van der Waals surface area (Å²) in [6.45, 7) is 7.69. The SMILES string of the molecule is Cc1ccc(-c2cc(C3=C(C4CCC(C)CC4)CN(C)CC3)c(C(=O)OCCN(C)C)s2)cc1. The van der Waals surface area contributed by atoms with Crippen molar-refractivity contribution in [3.8, 4) is 10.4 Å². The minimum absolute atomic E-state index is 0.178. The number of likely N-dealkylation sites (N-methyl/N-ethyl adjacent to an activating group) is 2. The van der Waals surface area contributed by atoms with E-state index in [1.165, 1.54) is 42.4 Å². The van der Waals surface area contributed by atoms with Crippen LogP contribution >= 0.6 is 11.3 Å². The second-order valence-corrected chi connectivity index (χ2v) is 11.7. The van der Waals surface area contributed by atoms with Crippen LogP contribution in [0, 0.1) is 18.8 Å². The molecule has 1 aromatic carbocycles. The maximum atomic E-state index is 13.3. The lowest BCUT2D eigenvalue weighted by Gasteiger charge is -2.35. The fourth-order valence-corrected chi connectivity index (χ4v) is 6.32. The second kappa shape index (κ2) is 11.2. The first-order valence-electron chi connectivity index (χ1n) is 12.8. The van der Waals surface area contributed by atoms with E-state index in [1.807, 2.05) is 19.0 Å². The molecule has 0 unspecified atom stereocenters. The van der Waals surface area contributed by atoms with Crippen molar-refractivity contribution in [2.75, 3.05) is 47.4 Å². The molecule has 1 aliphatic heterocycles. The van der Waals surface area contributed by atoms with E-state index in [4.69, 9.17) is 4.74 Å². The van der Waals surface area contributed by atoms with Gasteiger partial charge in [-0.25, -0.2) is 4.79 Å². The van der Waals surface area contributed by atoms with Gasteiger partial charge in [-0.05, 0) is 81.9 Å². The van der Waals surface area contributed by atoms with Gasteiger partial charge in [0.25, 0.3) is 0 Å². The predicted octanol–water partition coefficient (Wildman–Crippen LogP) is 6.36. The Hall–Kier alpha value is -1.95. The van der Waals surface area contributed by atoms with Crippen LogP contribution in [-0.4, -0.2) is 63.2 Å². The van der Waals surface area contributed by atoms with Gasteiger partial charge < -0.3 is 14.5 Å². The number of hydrogen-bond donors (Lipinski definition) is 0. The lowest BCUT2D eigenvalue weighted by molar-refractivity contribution is 0.0487. The van der Waals surface area contributed by atoms with E-state index in [1.54, 1.807) is 16.9 Å². The van der Waals surface area contributed by atoms with E-state index in [-0.39, 0.29) is 5.97 Å². The highest BCUT2D eigenvalue weighted by Crippen LogP contribution is 2.43. The van der Waals surface area contributed by atoms with Crippen LogP contribution in [0.4, 0.5) is 0 Å². The quantitative estimate of drug-likeness (QED) is 0.432. The molecule has 4 nitrogen and oxygen atoms in total. The predicted molar refractivity (Wildman–Crippen MR) is 143 cm³/mol. The Morgan fingerprint density at radius 1 is 1.15 bits per heavy atom. The Morgan fingerprint density at radius 2 is 1.85 bits per heavy atom. The standard InChI is InChI=1S/C29H40N2O2S/c1-20-6-10-22(11-7-20)26-19-31(5)15-14-24(26)25-18-27(23-12-8-21(2)9-13-23)34-28(25)29(32)33-17-16-30(3)4/h8-9,12-13,18,20,22H,6-7,10-11,14-17,19H2,1-5H3. The van der Waals surface area contributed by atoms with Crippen LogP contribution in [-0.2, 0) is 4.74 Å². The average molecular weight is 481 g/mol. The highest BCUT2D eigenvalue weighted by atomic mass is 32.1. The van der Waals surface area contributed by atoms with Gasteiger partial charge in [0.2, 0.25) is 0 Å². The molecule has 4 rings (SSSR count). The van der Waals surface area contributed by atoms with Crippen LogP contribution in [0.3, 0.4) is 0 Å². The molecule has 2 heterocycles. The zero-order valence-corrected chi connectivity index (χ0v) is 22.3. The minimum atomic E-state index is -0.178. The summed E-state index contributed by atoms with van der Waals surface area (Å²) in [4.78, 5) is 19.7. The van der Waals surface area contributed by atoms with Crippen molar-refractivity contribution in [3.05, 3.63) is 51.9 Å². The van der Waals surface area contributed by atoms with Gasteiger partial charge in [-0.3, -0.25) is 0 Å². The van der Waals surface area contributed by atoms with Gasteiger partial charge in [0.1, 0.15) is 11.5 Å². The summed E-state index contributed by atoms with van der Waals surface area (Å²) in [6, 6.07) is 10.9. The Morgan fingerprint density at radius 3 is 2.53 bits per heavy atom. The van der Waals surface area contributed by atoms with Crippen LogP contribution in [0.25, 0.3) is 16.0 Å². The van der Waals surface area contributed by atoms with E-state index >= 15 is 0 Å². The van der Waals surface area contributed by atoms with E-state index in [0.29, 0.717) is 12.5 Å². The van der Waals surface area contributed by atoms with Crippen LogP contribution in [0.15, 0.2) is 35.9 Å². The maximum Gasteiger partial charge on any atom is 0.349 e. The molecule has 1 aromatic heterocycles.